The van der Waals surface area contributed by atoms with Gasteiger partial charge in [0.25, 0.3) is 21.8 Å². The van der Waals surface area contributed by atoms with Crippen molar-refractivity contribution >= 4 is 39.0 Å². The average molecular weight is 481 g/mol. The van der Waals surface area contributed by atoms with E-state index >= 15 is 0 Å². The summed E-state index contributed by atoms with van der Waals surface area (Å²) < 4.78 is 29.8. The quantitative estimate of drug-likeness (QED) is 0.715. The van der Waals surface area contributed by atoms with Crippen LogP contribution in [0, 0.1) is 0 Å². The Morgan fingerprint density at radius 2 is 1.62 bits per heavy atom. The Hall–Kier alpha value is -3.20. The van der Waals surface area contributed by atoms with E-state index in [1.807, 2.05) is 9.80 Å². The number of nitrogens with one attached hydrogen (secondary N) is 1. The molecule has 0 radical (unpaired) electrons. The van der Waals surface area contributed by atoms with E-state index in [4.69, 9.17) is 0 Å². The third-order valence-electron chi connectivity index (χ3n) is 6.66. The van der Waals surface area contributed by atoms with Gasteiger partial charge in [0.15, 0.2) is 0 Å². The Morgan fingerprint density at radius 1 is 0.882 bits per heavy atom. The number of hydrogen-bond acceptors (Lipinski definition) is 5. The van der Waals surface area contributed by atoms with Crippen LogP contribution in [0.4, 0.5) is 11.4 Å². The summed E-state index contributed by atoms with van der Waals surface area (Å²) in [5, 5.41) is 2.82. The normalized spacial score (nSPS) is 19.4. The predicted octanol–water partition coefficient (Wildman–Crippen LogP) is 4.05. The van der Waals surface area contributed by atoms with Crippen molar-refractivity contribution in [3.63, 3.8) is 0 Å². The van der Waals surface area contributed by atoms with Gasteiger partial charge in [-0.15, -0.1) is 4.40 Å². The Kier molecular flexibility index (Phi) is 6.12. The molecule has 8 nitrogen and oxygen atoms in total. The highest BCUT2D eigenvalue weighted by Gasteiger charge is 2.32. The number of hydrogen-bond donors (Lipinski definition) is 1. The molecule has 3 heterocycles. The first kappa shape index (κ1) is 22.6. The van der Waals surface area contributed by atoms with Crippen LogP contribution >= 0.6 is 0 Å². The summed E-state index contributed by atoms with van der Waals surface area (Å²) in [4.78, 5) is 30.0. The van der Waals surface area contributed by atoms with Gasteiger partial charge in [0.1, 0.15) is 10.7 Å². The summed E-state index contributed by atoms with van der Waals surface area (Å²) in [6.07, 6.45) is 6.60. The molecule has 2 aromatic rings. The Morgan fingerprint density at radius 3 is 2.44 bits per heavy atom. The summed E-state index contributed by atoms with van der Waals surface area (Å²) >= 11 is 0. The van der Waals surface area contributed by atoms with Crippen LogP contribution in [-0.4, -0.2) is 50.6 Å². The minimum atomic E-state index is -3.89. The van der Waals surface area contributed by atoms with Gasteiger partial charge < -0.3 is 15.1 Å². The monoisotopic (exact) mass is 480 g/mol. The lowest BCUT2D eigenvalue weighted by Gasteiger charge is -2.29. The van der Waals surface area contributed by atoms with Gasteiger partial charge in [-0.2, -0.15) is 8.42 Å². The van der Waals surface area contributed by atoms with Gasteiger partial charge in [-0.1, -0.05) is 18.6 Å². The molecule has 9 heteroatoms. The molecule has 5 rings (SSSR count). The second kappa shape index (κ2) is 9.21. The number of sulfonamides is 1. The van der Waals surface area contributed by atoms with Crippen LogP contribution in [0.5, 0.6) is 0 Å². The molecule has 2 amide bonds. The fraction of sp³-hybridized carbons (Fsp3) is 0.400. The number of likely N-dealkylation sites (tertiary alicyclic amines) is 1. The Labute approximate surface area is 199 Å². The van der Waals surface area contributed by atoms with Crippen LogP contribution in [0.3, 0.4) is 0 Å². The van der Waals surface area contributed by atoms with Crippen LogP contribution < -0.4 is 10.2 Å². The van der Waals surface area contributed by atoms with Crippen molar-refractivity contribution in [2.45, 2.75) is 49.8 Å². The number of carbonyl (C=O) groups excluding carboxylic acids is 2. The molecule has 0 unspecified atom stereocenters. The molecule has 34 heavy (non-hydrogen) atoms. The SMILES string of the molecule is O=C(Nc1ccccc1C(=O)N1CCCCC1)c1ccc2c(c1)S(=O)(=O)N=C1CCCCCN12. The number of carbonyl (C=O) groups is 2. The molecule has 2 aromatic carbocycles. The average Bonchev–Trinajstić information content (AvgIpc) is 3.09. The molecule has 178 valence electrons. The van der Waals surface area contributed by atoms with Gasteiger partial charge in [-0.25, -0.2) is 0 Å². The molecule has 0 spiro atoms. The third kappa shape index (κ3) is 4.32. The first-order valence-corrected chi connectivity index (χ1v) is 13.3. The van der Waals surface area contributed by atoms with Crippen molar-refractivity contribution in [2.75, 3.05) is 29.9 Å². The predicted molar refractivity (Wildman–Crippen MR) is 131 cm³/mol. The van der Waals surface area contributed by atoms with E-state index in [2.05, 4.69) is 9.71 Å². The van der Waals surface area contributed by atoms with Crippen LogP contribution in [0.2, 0.25) is 0 Å². The molecule has 3 aliphatic rings. The van der Waals surface area contributed by atoms with E-state index in [9.17, 15) is 18.0 Å². The van der Waals surface area contributed by atoms with Crippen LogP contribution in [0.15, 0.2) is 51.8 Å². The molecule has 0 aliphatic carbocycles. The van der Waals surface area contributed by atoms with E-state index in [0.29, 0.717) is 48.8 Å². The fourth-order valence-corrected chi connectivity index (χ4v) is 6.15. The maximum Gasteiger partial charge on any atom is 0.286 e. The van der Waals surface area contributed by atoms with Gasteiger partial charge in [-0.05, 0) is 62.4 Å². The molecule has 2 saturated heterocycles. The number of anilines is 2. The van der Waals surface area contributed by atoms with Crippen molar-refractivity contribution < 1.29 is 18.0 Å². The number of piperidine rings is 1. The third-order valence-corrected chi connectivity index (χ3v) is 7.99. The number of para-hydroxylation sites is 1. The summed E-state index contributed by atoms with van der Waals surface area (Å²) in [5.41, 5.74) is 1.62. The van der Waals surface area contributed by atoms with Gasteiger partial charge in [0, 0.05) is 31.6 Å². The molecule has 3 aliphatic heterocycles. The lowest BCUT2D eigenvalue weighted by Crippen LogP contribution is -2.36. The van der Waals surface area contributed by atoms with E-state index in [-0.39, 0.29) is 16.4 Å². The minimum Gasteiger partial charge on any atom is -0.339 e. The zero-order valence-corrected chi connectivity index (χ0v) is 19.8. The largest absolute Gasteiger partial charge is 0.339 e. The number of amidine groups is 1. The first-order valence-electron chi connectivity index (χ1n) is 11.9. The molecule has 0 bridgehead atoms. The van der Waals surface area contributed by atoms with Crippen molar-refractivity contribution in [3.05, 3.63) is 53.6 Å². The standard InChI is InChI=1S/C25H28N4O4S/c30-24(26-20-10-5-4-9-19(20)25(31)28-14-6-2-7-15-28)18-12-13-21-22(17-18)34(32,33)27-23-11-3-1-8-16-29(21)23/h4-5,9-10,12-13,17H,1-3,6-8,11,14-16H2,(H,26,30). The summed E-state index contributed by atoms with van der Waals surface area (Å²) in [6, 6.07) is 11.6. The van der Waals surface area contributed by atoms with E-state index in [1.165, 1.54) is 6.07 Å². The van der Waals surface area contributed by atoms with Crippen LogP contribution in [-0.2, 0) is 10.0 Å². The molecule has 1 N–H and O–H groups in total. The highest BCUT2D eigenvalue weighted by atomic mass is 32.2. The number of benzene rings is 2. The van der Waals surface area contributed by atoms with Crippen LogP contribution in [0.1, 0.15) is 65.7 Å². The summed E-state index contributed by atoms with van der Waals surface area (Å²) in [6.45, 7) is 2.13. The second-order valence-corrected chi connectivity index (χ2v) is 10.6. The number of nitrogens with zero attached hydrogens (tertiary/aromatic N) is 3. The lowest BCUT2D eigenvalue weighted by molar-refractivity contribution is 0.0725. The zero-order valence-electron chi connectivity index (χ0n) is 19.0. The summed E-state index contributed by atoms with van der Waals surface area (Å²) in [7, 11) is -3.89. The molecule has 2 fully saturated rings. The molecule has 0 atom stereocenters. The maximum absolute atomic E-state index is 13.1. The van der Waals surface area contributed by atoms with Crippen molar-refractivity contribution in [2.24, 2.45) is 4.40 Å². The van der Waals surface area contributed by atoms with Gasteiger partial charge in [0.2, 0.25) is 0 Å². The van der Waals surface area contributed by atoms with Crippen LogP contribution in [0.25, 0.3) is 0 Å². The second-order valence-electron chi connectivity index (χ2n) is 8.98. The number of rotatable bonds is 3. The van der Waals surface area contributed by atoms with Gasteiger partial charge in [-0.3, -0.25) is 9.59 Å². The summed E-state index contributed by atoms with van der Waals surface area (Å²) in [5.74, 6) is 0.00143. The molecule has 0 saturated carbocycles. The number of amides is 2. The van der Waals surface area contributed by atoms with Crippen molar-refractivity contribution in [1.82, 2.24) is 4.90 Å². The van der Waals surface area contributed by atoms with E-state index < -0.39 is 15.9 Å². The Balaban J connectivity index is 1.42. The zero-order chi connectivity index (χ0) is 23.7. The maximum atomic E-state index is 13.1. The number of fused-ring (bicyclic) bond motifs is 3. The molecular weight excluding hydrogens is 452 g/mol. The fourth-order valence-electron chi connectivity index (χ4n) is 4.86. The highest BCUT2D eigenvalue weighted by Crippen LogP contribution is 2.35. The first-order chi connectivity index (χ1) is 16.4. The van der Waals surface area contributed by atoms with E-state index in [1.54, 1.807) is 36.4 Å². The Bertz CT molecular complexity index is 1270. The molecular formula is C25H28N4O4S. The van der Waals surface area contributed by atoms with Gasteiger partial charge >= 0.3 is 0 Å². The van der Waals surface area contributed by atoms with Gasteiger partial charge in [0.05, 0.1) is 16.9 Å². The topological polar surface area (TPSA) is 99.2 Å². The highest BCUT2D eigenvalue weighted by molar-refractivity contribution is 7.90. The van der Waals surface area contributed by atoms with Crippen molar-refractivity contribution in [3.8, 4) is 0 Å². The van der Waals surface area contributed by atoms with Crippen molar-refractivity contribution in [1.29, 1.82) is 0 Å². The van der Waals surface area contributed by atoms with E-state index in [0.717, 1.165) is 38.5 Å². The smallest absolute Gasteiger partial charge is 0.286 e. The minimum absolute atomic E-state index is 0.0449. The molecule has 0 aromatic heterocycles. The lowest BCUT2D eigenvalue weighted by atomic mass is 10.1.